The third-order valence-corrected chi connectivity index (χ3v) is 2.55. The summed E-state index contributed by atoms with van der Waals surface area (Å²) in [7, 11) is -4.43. The van der Waals surface area contributed by atoms with Crippen molar-refractivity contribution >= 4 is 10.2 Å². The van der Waals surface area contributed by atoms with E-state index in [1.165, 1.54) is 0 Å². The van der Waals surface area contributed by atoms with E-state index in [1.807, 2.05) is 6.92 Å². The Bertz CT molecular complexity index is 231. The molecule has 14 heavy (non-hydrogen) atoms. The molecule has 0 radical (unpaired) electrons. The maximum absolute atomic E-state index is 12.2. The van der Waals surface area contributed by atoms with Gasteiger partial charge in [-0.1, -0.05) is 13.3 Å². The van der Waals surface area contributed by atoms with E-state index in [4.69, 9.17) is 0 Å². The molecule has 0 aromatic carbocycles. The van der Waals surface area contributed by atoms with E-state index in [0.717, 1.165) is 12.8 Å². The predicted octanol–water partition coefficient (Wildman–Crippen LogP) is 1.36. The van der Waals surface area contributed by atoms with E-state index >= 15 is 0 Å². The lowest BCUT2D eigenvalue weighted by atomic mass is 10.3. The van der Waals surface area contributed by atoms with Crippen molar-refractivity contribution in [3.8, 4) is 0 Å². The van der Waals surface area contributed by atoms with E-state index in [1.54, 1.807) is 4.90 Å². The van der Waals surface area contributed by atoms with Gasteiger partial charge in [0, 0.05) is 13.1 Å². The molecule has 3 nitrogen and oxygen atoms in total. The van der Waals surface area contributed by atoms with Crippen LogP contribution in [-0.4, -0.2) is 45.4 Å². The van der Waals surface area contributed by atoms with Gasteiger partial charge in [-0.2, -0.15) is 8.42 Å². The van der Waals surface area contributed by atoms with Gasteiger partial charge in [-0.25, -0.2) is 4.39 Å². The third kappa shape index (κ3) is 8.37. The smallest absolute Gasteiger partial charge is 0.300 e. The van der Waals surface area contributed by atoms with Crippen molar-refractivity contribution in [2.45, 2.75) is 19.8 Å². The summed E-state index contributed by atoms with van der Waals surface area (Å²) in [5.74, 6) is -0.545. The van der Waals surface area contributed by atoms with Crippen LogP contribution in [0.5, 0.6) is 0 Å². The van der Waals surface area contributed by atoms with Gasteiger partial charge in [0.2, 0.25) is 0 Å². The standard InChI is InChI=1S/C8H17F2NO2S/c1-2-3-5-11(6-4-9)7-8-14(10,12)13/h2-8H2,1H3. The molecule has 0 saturated heterocycles. The fourth-order valence-electron chi connectivity index (χ4n) is 1.07. The lowest BCUT2D eigenvalue weighted by molar-refractivity contribution is 0.256. The molecule has 0 saturated carbocycles. The molecule has 0 N–H and O–H groups in total. The zero-order valence-corrected chi connectivity index (χ0v) is 9.19. The minimum absolute atomic E-state index is 0.0722. The molecular formula is C8H17F2NO2S. The van der Waals surface area contributed by atoms with Crippen LogP contribution in [0.1, 0.15) is 19.8 Å². The highest BCUT2D eigenvalue weighted by atomic mass is 32.3. The molecule has 0 bridgehead atoms. The van der Waals surface area contributed by atoms with Crippen molar-refractivity contribution in [1.29, 1.82) is 0 Å². The minimum Gasteiger partial charge on any atom is -0.300 e. The predicted molar refractivity (Wildman–Crippen MR) is 52.2 cm³/mol. The summed E-state index contributed by atoms with van der Waals surface area (Å²) in [4.78, 5) is 1.63. The van der Waals surface area contributed by atoms with E-state index in [9.17, 15) is 16.7 Å². The van der Waals surface area contributed by atoms with Gasteiger partial charge in [-0.3, -0.25) is 4.90 Å². The molecule has 0 aromatic rings. The van der Waals surface area contributed by atoms with Crippen LogP contribution in [0, 0.1) is 0 Å². The number of halogens is 2. The largest absolute Gasteiger partial charge is 0.303 e. The van der Waals surface area contributed by atoms with Crippen molar-refractivity contribution in [2.24, 2.45) is 0 Å². The Morgan fingerprint density at radius 1 is 1.21 bits per heavy atom. The van der Waals surface area contributed by atoms with Crippen molar-refractivity contribution < 1.29 is 16.7 Å². The average Bonchev–Trinajstić information content (AvgIpc) is 2.08. The van der Waals surface area contributed by atoms with Crippen LogP contribution >= 0.6 is 0 Å². The molecule has 0 heterocycles. The molecular weight excluding hydrogens is 212 g/mol. The molecule has 0 amide bonds. The Hall–Kier alpha value is -0.230. The molecule has 0 aliphatic rings. The summed E-state index contributed by atoms with van der Waals surface area (Å²) in [6.45, 7) is 2.32. The summed E-state index contributed by atoms with van der Waals surface area (Å²) >= 11 is 0. The quantitative estimate of drug-likeness (QED) is 0.590. The number of nitrogens with zero attached hydrogens (tertiary/aromatic N) is 1. The third-order valence-electron chi connectivity index (χ3n) is 1.88. The number of unbranched alkanes of at least 4 members (excludes halogenated alkanes) is 1. The summed E-state index contributed by atoms with van der Waals surface area (Å²) < 4.78 is 44.6. The molecule has 0 rings (SSSR count). The second-order valence-electron chi connectivity index (χ2n) is 3.13. The normalized spacial score (nSPS) is 12.3. The number of hydrogen-bond donors (Lipinski definition) is 0. The first-order valence-electron chi connectivity index (χ1n) is 4.70. The molecule has 0 aliphatic heterocycles. The first-order chi connectivity index (χ1) is 6.49. The zero-order chi connectivity index (χ0) is 11.0. The lowest BCUT2D eigenvalue weighted by Gasteiger charge is -2.19. The summed E-state index contributed by atoms with van der Waals surface area (Å²) in [6, 6.07) is 0. The van der Waals surface area contributed by atoms with Crippen LogP contribution in [-0.2, 0) is 10.2 Å². The van der Waals surface area contributed by atoms with Crippen LogP contribution in [0.25, 0.3) is 0 Å². The van der Waals surface area contributed by atoms with E-state index in [0.29, 0.717) is 6.54 Å². The van der Waals surface area contributed by atoms with Crippen LogP contribution < -0.4 is 0 Å². The molecule has 86 valence electrons. The Morgan fingerprint density at radius 2 is 1.86 bits per heavy atom. The Morgan fingerprint density at radius 3 is 2.29 bits per heavy atom. The van der Waals surface area contributed by atoms with Crippen LogP contribution in [0.2, 0.25) is 0 Å². The molecule has 0 atom stereocenters. The fraction of sp³-hybridized carbons (Fsp3) is 1.00. The monoisotopic (exact) mass is 229 g/mol. The highest BCUT2D eigenvalue weighted by Crippen LogP contribution is 1.98. The molecule has 0 aromatic heterocycles. The highest BCUT2D eigenvalue weighted by molar-refractivity contribution is 7.86. The maximum Gasteiger partial charge on any atom is 0.303 e. The minimum atomic E-state index is -4.43. The summed E-state index contributed by atoms with van der Waals surface area (Å²) in [6.07, 6.45) is 1.82. The van der Waals surface area contributed by atoms with Crippen LogP contribution in [0.15, 0.2) is 0 Å². The van der Waals surface area contributed by atoms with E-state index < -0.39 is 22.7 Å². The van der Waals surface area contributed by atoms with Crippen molar-refractivity contribution in [1.82, 2.24) is 4.90 Å². The van der Waals surface area contributed by atoms with Gasteiger partial charge < -0.3 is 0 Å². The maximum atomic E-state index is 12.2. The Kier molecular flexibility index (Phi) is 7.00. The van der Waals surface area contributed by atoms with Gasteiger partial charge in [0.1, 0.15) is 6.67 Å². The molecule has 0 aliphatic carbocycles. The second-order valence-corrected chi connectivity index (χ2v) is 4.61. The topological polar surface area (TPSA) is 37.4 Å². The van der Waals surface area contributed by atoms with Gasteiger partial charge >= 0.3 is 10.2 Å². The van der Waals surface area contributed by atoms with Crippen molar-refractivity contribution in [3.05, 3.63) is 0 Å². The van der Waals surface area contributed by atoms with Crippen LogP contribution in [0.3, 0.4) is 0 Å². The van der Waals surface area contributed by atoms with Gasteiger partial charge in [-0.05, 0) is 13.0 Å². The molecule has 0 unspecified atom stereocenters. The van der Waals surface area contributed by atoms with E-state index in [-0.39, 0.29) is 13.1 Å². The molecule has 0 spiro atoms. The van der Waals surface area contributed by atoms with Gasteiger partial charge in [0.15, 0.2) is 0 Å². The lowest BCUT2D eigenvalue weighted by Crippen LogP contribution is -2.31. The Balaban J connectivity index is 3.84. The molecule has 6 heteroatoms. The van der Waals surface area contributed by atoms with Gasteiger partial charge in [0.05, 0.1) is 5.75 Å². The van der Waals surface area contributed by atoms with Crippen molar-refractivity contribution in [2.75, 3.05) is 32.1 Å². The fourth-order valence-corrected chi connectivity index (χ4v) is 1.55. The zero-order valence-electron chi connectivity index (χ0n) is 8.38. The summed E-state index contributed by atoms with van der Waals surface area (Å²) in [5, 5.41) is 0. The first kappa shape index (κ1) is 13.8. The summed E-state index contributed by atoms with van der Waals surface area (Å²) in [5.41, 5.74) is 0. The molecule has 0 fully saturated rings. The average molecular weight is 229 g/mol. The highest BCUT2D eigenvalue weighted by Gasteiger charge is 2.11. The van der Waals surface area contributed by atoms with Gasteiger partial charge in [0.25, 0.3) is 0 Å². The van der Waals surface area contributed by atoms with Crippen LogP contribution in [0.4, 0.5) is 8.28 Å². The van der Waals surface area contributed by atoms with Crippen molar-refractivity contribution in [3.63, 3.8) is 0 Å². The first-order valence-corrected chi connectivity index (χ1v) is 6.25. The second kappa shape index (κ2) is 7.11. The SMILES string of the molecule is CCCCN(CCF)CCS(=O)(=O)F. The number of rotatable bonds is 8. The number of hydrogen-bond acceptors (Lipinski definition) is 3. The Labute approximate surface area is 84.3 Å². The van der Waals surface area contributed by atoms with E-state index in [2.05, 4.69) is 0 Å². The number of alkyl halides is 1. The van der Waals surface area contributed by atoms with Gasteiger partial charge in [-0.15, -0.1) is 3.89 Å².